The Morgan fingerprint density at radius 3 is 2.88 bits per heavy atom. The van der Waals surface area contributed by atoms with Crippen molar-refractivity contribution in [2.75, 3.05) is 7.11 Å². The molecular weight excluding hydrogens is 386 g/mol. The zero-order chi connectivity index (χ0) is 17.6. The number of rotatable bonds is 5. The summed E-state index contributed by atoms with van der Waals surface area (Å²) < 4.78 is 11.6. The zero-order valence-corrected chi connectivity index (χ0v) is 15.8. The average Bonchev–Trinajstić information content (AvgIpc) is 2.97. The van der Waals surface area contributed by atoms with Crippen molar-refractivity contribution in [2.24, 2.45) is 5.92 Å². The highest BCUT2D eigenvalue weighted by Gasteiger charge is 2.30. The highest BCUT2D eigenvalue weighted by atomic mass is 79.9. The van der Waals surface area contributed by atoms with E-state index in [2.05, 4.69) is 31.4 Å². The predicted octanol–water partition coefficient (Wildman–Crippen LogP) is 3.71. The smallest absolute Gasteiger partial charge is 0.310 e. The number of hydrogen-bond donors (Lipinski definition) is 1. The first kappa shape index (κ1) is 18.1. The van der Waals surface area contributed by atoms with Crippen LogP contribution in [0.2, 0.25) is 0 Å². The van der Waals surface area contributed by atoms with E-state index in [9.17, 15) is 4.79 Å². The van der Waals surface area contributed by atoms with E-state index in [-0.39, 0.29) is 17.9 Å². The summed E-state index contributed by atoms with van der Waals surface area (Å²) in [6.45, 7) is 0.440. The van der Waals surface area contributed by atoms with Crippen LogP contribution in [0.25, 0.3) is 11.5 Å². The molecule has 134 valence electrons. The first-order valence-electron chi connectivity index (χ1n) is 8.57. The van der Waals surface area contributed by atoms with Crippen molar-refractivity contribution in [3.63, 3.8) is 0 Å². The Bertz CT molecular complexity index is 719. The molecule has 0 bridgehead atoms. The van der Waals surface area contributed by atoms with Crippen LogP contribution < -0.4 is 5.32 Å². The summed E-state index contributed by atoms with van der Waals surface area (Å²) in [5.41, 5.74) is 0.864. The number of benzene rings is 1. The van der Waals surface area contributed by atoms with Crippen molar-refractivity contribution in [1.82, 2.24) is 15.5 Å². The van der Waals surface area contributed by atoms with Gasteiger partial charge in [-0.15, -0.1) is 10.2 Å². The van der Waals surface area contributed by atoms with Crippen molar-refractivity contribution in [3.8, 4) is 11.5 Å². The van der Waals surface area contributed by atoms with Gasteiger partial charge in [0.15, 0.2) is 0 Å². The summed E-state index contributed by atoms with van der Waals surface area (Å²) >= 11 is 3.49. The van der Waals surface area contributed by atoms with Crippen LogP contribution in [-0.2, 0) is 16.1 Å². The molecule has 1 aromatic heterocycles. The van der Waals surface area contributed by atoms with Crippen LogP contribution >= 0.6 is 15.9 Å². The van der Waals surface area contributed by atoms with Gasteiger partial charge in [0.1, 0.15) is 0 Å². The minimum absolute atomic E-state index is 0.0776. The maximum absolute atomic E-state index is 12.0. The molecule has 1 aromatic carbocycles. The summed E-state index contributed by atoms with van der Waals surface area (Å²) in [4.78, 5) is 12.0. The minimum Gasteiger partial charge on any atom is -0.469 e. The van der Waals surface area contributed by atoms with Crippen molar-refractivity contribution < 1.29 is 13.9 Å². The van der Waals surface area contributed by atoms with Crippen LogP contribution in [-0.4, -0.2) is 29.3 Å². The molecule has 1 saturated carbocycles. The predicted molar refractivity (Wildman–Crippen MR) is 96.7 cm³/mol. The molecular formula is C18H22BrN3O3. The lowest BCUT2D eigenvalue weighted by molar-refractivity contribution is -0.146. The molecule has 6 nitrogen and oxygen atoms in total. The van der Waals surface area contributed by atoms with Crippen LogP contribution in [0.15, 0.2) is 33.2 Å². The highest BCUT2D eigenvalue weighted by molar-refractivity contribution is 9.10. The number of methoxy groups -OCH3 is 1. The molecule has 3 rings (SSSR count). The quantitative estimate of drug-likeness (QED) is 0.601. The molecule has 0 amide bonds. The van der Waals surface area contributed by atoms with E-state index in [4.69, 9.17) is 9.15 Å². The Morgan fingerprint density at radius 2 is 2.08 bits per heavy atom. The molecule has 0 aliphatic heterocycles. The van der Waals surface area contributed by atoms with Gasteiger partial charge in [0.25, 0.3) is 0 Å². The zero-order valence-electron chi connectivity index (χ0n) is 14.2. The van der Waals surface area contributed by atoms with E-state index >= 15 is 0 Å². The monoisotopic (exact) mass is 407 g/mol. The van der Waals surface area contributed by atoms with Gasteiger partial charge in [0, 0.05) is 10.5 Å². The largest absolute Gasteiger partial charge is 0.469 e. The summed E-state index contributed by atoms with van der Waals surface area (Å²) in [5.74, 6) is 0.741. The van der Waals surface area contributed by atoms with E-state index in [0.717, 1.165) is 42.1 Å². The third-order valence-electron chi connectivity index (χ3n) is 4.61. The third-order valence-corrected chi connectivity index (χ3v) is 5.30. The molecule has 2 atom stereocenters. The molecule has 1 aliphatic carbocycles. The first-order chi connectivity index (χ1) is 12.2. The second kappa shape index (κ2) is 8.58. The molecule has 0 spiro atoms. The number of esters is 1. The van der Waals surface area contributed by atoms with Gasteiger partial charge in [-0.1, -0.05) is 31.4 Å². The number of carbonyl (C=O) groups excluding carboxylic acids is 1. The third kappa shape index (κ3) is 4.46. The maximum atomic E-state index is 12.0. The van der Waals surface area contributed by atoms with Crippen molar-refractivity contribution >= 4 is 21.9 Å². The number of nitrogens with one attached hydrogen (secondary N) is 1. The number of carbonyl (C=O) groups is 1. The molecule has 25 heavy (non-hydrogen) atoms. The van der Waals surface area contributed by atoms with Crippen LogP contribution in [0.3, 0.4) is 0 Å². The number of aromatic nitrogens is 2. The normalized spacial score (nSPS) is 20.9. The molecule has 0 radical (unpaired) electrons. The van der Waals surface area contributed by atoms with Gasteiger partial charge in [-0.25, -0.2) is 0 Å². The van der Waals surface area contributed by atoms with E-state index < -0.39 is 0 Å². The second-order valence-electron chi connectivity index (χ2n) is 6.24. The molecule has 7 heteroatoms. The van der Waals surface area contributed by atoms with Gasteiger partial charge in [0.05, 0.1) is 25.1 Å². The standard InChI is InChI=1S/C18H22BrN3O3/c1-24-18(23)13-8-3-2-4-10-15(13)20-11-16-21-22-17(25-16)12-7-5-6-9-14(12)19/h5-7,9,13,15,20H,2-4,8,10-11H2,1H3/t13-,15-/m0/s1. The fourth-order valence-electron chi connectivity index (χ4n) is 3.27. The Balaban J connectivity index is 1.66. The van der Waals surface area contributed by atoms with Gasteiger partial charge in [-0.2, -0.15) is 0 Å². The molecule has 1 aliphatic rings. The molecule has 1 heterocycles. The lowest BCUT2D eigenvalue weighted by Gasteiger charge is -2.23. The van der Waals surface area contributed by atoms with Crippen molar-refractivity contribution in [3.05, 3.63) is 34.6 Å². The minimum atomic E-state index is -0.140. The van der Waals surface area contributed by atoms with Crippen LogP contribution in [0.5, 0.6) is 0 Å². The SMILES string of the molecule is COC(=O)[C@H]1CCCCC[C@@H]1NCc1nnc(-c2ccccc2Br)o1. The van der Waals surface area contributed by atoms with Gasteiger partial charge in [0.2, 0.25) is 11.8 Å². The first-order valence-corrected chi connectivity index (χ1v) is 9.37. The van der Waals surface area contributed by atoms with Crippen molar-refractivity contribution in [2.45, 2.75) is 44.7 Å². The lowest BCUT2D eigenvalue weighted by atomic mass is 9.95. The summed E-state index contributed by atoms with van der Waals surface area (Å²) in [5, 5.41) is 11.7. The van der Waals surface area contributed by atoms with Crippen LogP contribution in [0.4, 0.5) is 0 Å². The number of nitrogens with zero attached hydrogens (tertiary/aromatic N) is 2. The Kier molecular flexibility index (Phi) is 6.20. The molecule has 0 saturated heterocycles. The summed E-state index contributed by atoms with van der Waals surface area (Å²) in [6, 6.07) is 7.80. The fraction of sp³-hybridized carbons (Fsp3) is 0.500. The number of ether oxygens (including phenoxy) is 1. The van der Waals surface area contributed by atoms with Gasteiger partial charge in [-0.05, 0) is 40.9 Å². The average molecular weight is 408 g/mol. The van der Waals surface area contributed by atoms with Crippen LogP contribution in [0, 0.1) is 5.92 Å². The van der Waals surface area contributed by atoms with Gasteiger partial charge in [-0.3, -0.25) is 4.79 Å². The van der Waals surface area contributed by atoms with Gasteiger partial charge < -0.3 is 14.5 Å². The van der Waals surface area contributed by atoms with E-state index in [0.29, 0.717) is 18.3 Å². The molecule has 1 fully saturated rings. The topological polar surface area (TPSA) is 77.2 Å². The summed E-state index contributed by atoms with van der Waals surface area (Å²) in [7, 11) is 1.45. The fourth-order valence-corrected chi connectivity index (χ4v) is 3.73. The second-order valence-corrected chi connectivity index (χ2v) is 7.09. The maximum Gasteiger partial charge on any atom is 0.310 e. The van der Waals surface area contributed by atoms with Crippen LogP contribution in [0.1, 0.15) is 38.0 Å². The van der Waals surface area contributed by atoms with Crippen molar-refractivity contribution in [1.29, 1.82) is 0 Å². The van der Waals surface area contributed by atoms with E-state index in [1.54, 1.807) is 0 Å². The number of halogens is 1. The number of hydrogen-bond acceptors (Lipinski definition) is 6. The van der Waals surface area contributed by atoms with E-state index in [1.807, 2.05) is 24.3 Å². The molecule has 0 unspecified atom stereocenters. The summed E-state index contributed by atoms with van der Waals surface area (Å²) in [6.07, 6.45) is 5.13. The van der Waals surface area contributed by atoms with E-state index in [1.165, 1.54) is 7.11 Å². The highest BCUT2D eigenvalue weighted by Crippen LogP contribution is 2.27. The van der Waals surface area contributed by atoms with Gasteiger partial charge >= 0.3 is 5.97 Å². The Labute approximate surface area is 155 Å². The Morgan fingerprint density at radius 1 is 1.28 bits per heavy atom. The molecule has 1 N–H and O–H groups in total. The lowest BCUT2D eigenvalue weighted by Crippen LogP contribution is -2.39. The molecule has 2 aromatic rings. The Hall–Kier alpha value is -1.73.